The van der Waals surface area contributed by atoms with Crippen LogP contribution in [0.2, 0.25) is 0 Å². The number of hydrogen-bond donors (Lipinski definition) is 4. The summed E-state index contributed by atoms with van der Waals surface area (Å²) in [6.45, 7) is 11.6. The van der Waals surface area contributed by atoms with Gasteiger partial charge in [-0.05, 0) is 72.4 Å². The van der Waals surface area contributed by atoms with E-state index < -0.39 is 5.43 Å². The number of fused-ring (bicyclic) bond motifs is 1. The third-order valence-electron chi connectivity index (χ3n) is 5.92. The smallest absolute Gasteiger partial charge is 0.200 e. The molecule has 0 aliphatic rings. The molecule has 0 spiro atoms. The molecule has 0 bridgehead atoms. The first-order valence-corrected chi connectivity index (χ1v) is 11.9. The summed E-state index contributed by atoms with van der Waals surface area (Å²) in [5.74, 6) is -0.750. The van der Waals surface area contributed by atoms with Crippen LogP contribution in [0.25, 0.3) is 22.3 Å². The van der Waals surface area contributed by atoms with Crippen LogP contribution in [0.1, 0.15) is 58.2 Å². The van der Waals surface area contributed by atoms with Crippen LogP contribution in [0, 0.1) is 0 Å². The molecular formula is C30H34O6. The molecule has 0 aliphatic carbocycles. The summed E-state index contributed by atoms with van der Waals surface area (Å²) in [5, 5.41) is 42.4. The molecule has 0 aliphatic heterocycles. The normalized spacial score (nSPS) is 10.8. The second-order valence-electron chi connectivity index (χ2n) is 9.79. The average molecular weight is 491 g/mol. The van der Waals surface area contributed by atoms with Crippen molar-refractivity contribution in [2.75, 3.05) is 0 Å². The molecule has 6 nitrogen and oxygen atoms in total. The van der Waals surface area contributed by atoms with Gasteiger partial charge in [-0.15, -0.1) is 0 Å². The van der Waals surface area contributed by atoms with Gasteiger partial charge in [0, 0.05) is 23.3 Å². The predicted molar refractivity (Wildman–Crippen MR) is 144 cm³/mol. The second-order valence-corrected chi connectivity index (χ2v) is 9.79. The van der Waals surface area contributed by atoms with Crippen LogP contribution in [0.15, 0.2) is 62.4 Å². The SMILES string of the molecule is CC(C)=CCc1cc(-c2oc3c(CC=C(C)C)c(O)cc(O)c3c(=O)c2CC=C(C)C)c(O)cc1O. The van der Waals surface area contributed by atoms with Crippen molar-refractivity contribution in [3.8, 4) is 34.3 Å². The lowest BCUT2D eigenvalue weighted by Gasteiger charge is -2.15. The molecule has 0 saturated heterocycles. The number of hydrogen-bond acceptors (Lipinski definition) is 6. The van der Waals surface area contributed by atoms with Crippen molar-refractivity contribution in [1.29, 1.82) is 0 Å². The fourth-order valence-corrected chi connectivity index (χ4v) is 3.92. The summed E-state index contributed by atoms with van der Waals surface area (Å²) < 4.78 is 6.28. The van der Waals surface area contributed by atoms with E-state index in [2.05, 4.69) is 0 Å². The average Bonchev–Trinajstić information content (AvgIpc) is 2.76. The van der Waals surface area contributed by atoms with Crippen LogP contribution in [0.4, 0.5) is 0 Å². The van der Waals surface area contributed by atoms with E-state index in [9.17, 15) is 25.2 Å². The third-order valence-corrected chi connectivity index (χ3v) is 5.92. The molecule has 0 radical (unpaired) electrons. The lowest BCUT2D eigenvalue weighted by atomic mass is 9.96. The quantitative estimate of drug-likeness (QED) is 0.271. The van der Waals surface area contributed by atoms with Crippen molar-refractivity contribution in [1.82, 2.24) is 0 Å². The number of aromatic hydroxyl groups is 4. The number of benzene rings is 2. The minimum absolute atomic E-state index is 0.0195. The molecule has 1 aromatic heterocycles. The summed E-state index contributed by atoms with van der Waals surface area (Å²) >= 11 is 0. The maximum absolute atomic E-state index is 13.7. The van der Waals surface area contributed by atoms with Gasteiger partial charge in [0.1, 0.15) is 39.7 Å². The highest BCUT2D eigenvalue weighted by molar-refractivity contribution is 5.91. The van der Waals surface area contributed by atoms with Crippen LogP contribution in [0.3, 0.4) is 0 Å². The van der Waals surface area contributed by atoms with E-state index in [1.807, 2.05) is 59.8 Å². The zero-order valence-corrected chi connectivity index (χ0v) is 21.7. The van der Waals surface area contributed by atoms with Crippen LogP contribution in [-0.2, 0) is 19.3 Å². The largest absolute Gasteiger partial charge is 0.508 e. The van der Waals surface area contributed by atoms with Crippen molar-refractivity contribution in [2.24, 2.45) is 0 Å². The number of rotatable bonds is 7. The van der Waals surface area contributed by atoms with Crippen molar-refractivity contribution < 1.29 is 24.8 Å². The number of phenolic OH excluding ortho intramolecular Hbond substituents is 4. The second kappa shape index (κ2) is 10.8. The van der Waals surface area contributed by atoms with E-state index in [0.29, 0.717) is 17.5 Å². The van der Waals surface area contributed by atoms with Crippen LogP contribution < -0.4 is 5.43 Å². The van der Waals surface area contributed by atoms with E-state index >= 15 is 0 Å². The van der Waals surface area contributed by atoms with Gasteiger partial charge in [-0.25, -0.2) is 0 Å². The summed E-state index contributed by atoms with van der Waals surface area (Å²) in [7, 11) is 0. The Labute approximate surface area is 211 Å². The Bertz CT molecular complexity index is 1460. The Morgan fingerprint density at radius 2 is 1.22 bits per heavy atom. The molecule has 0 fully saturated rings. The van der Waals surface area contributed by atoms with E-state index in [0.717, 1.165) is 22.8 Å². The summed E-state index contributed by atoms with van der Waals surface area (Å²) in [6.07, 6.45) is 6.62. The van der Waals surface area contributed by atoms with Gasteiger partial charge in [-0.3, -0.25) is 4.79 Å². The first kappa shape index (κ1) is 26.7. The maximum atomic E-state index is 13.7. The lowest BCUT2D eigenvalue weighted by molar-refractivity contribution is 0.445. The van der Waals surface area contributed by atoms with Gasteiger partial charge in [-0.2, -0.15) is 0 Å². The zero-order valence-electron chi connectivity index (χ0n) is 21.7. The van der Waals surface area contributed by atoms with Gasteiger partial charge >= 0.3 is 0 Å². The molecule has 0 atom stereocenters. The number of allylic oxidation sites excluding steroid dienone is 6. The van der Waals surface area contributed by atoms with Crippen LogP contribution >= 0.6 is 0 Å². The molecule has 0 amide bonds. The van der Waals surface area contributed by atoms with Crippen LogP contribution in [-0.4, -0.2) is 20.4 Å². The first-order chi connectivity index (χ1) is 16.9. The van der Waals surface area contributed by atoms with Gasteiger partial charge < -0.3 is 24.8 Å². The minimum Gasteiger partial charge on any atom is -0.508 e. The minimum atomic E-state index is -0.446. The Balaban J connectivity index is 2.45. The van der Waals surface area contributed by atoms with Crippen molar-refractivity contribution in [3.05, 3.63) is 80.1 Å². The van der Waals surface area contributed by atoms with Crippen molar-refractivity contribution in [2.45, 2.75) is 60.8 Å². The molecule has 6 heteroatoms. The van der Waals surface area contributed by atoms with Crippen molar-refractivity contribution in [3.63, 3.8) is 0 Å². The highest BCUT2D eigenvalue weighted by Crippen LogP contribution is 2.41. The topological polar surface area (TPSA) is 111 Å². The third kappa shape index (κ3) is 5.65. The van der Waals surface area contributed by atoms with Gasteiger partial charge in [0.05, 0.1) is 5.56 Å². The molecule has 3 rings (SSSR count). The molecule has 1 heterocycles. The zero-order chi connectivity index (χ0) is 26.7. The molecule has 0 unspecified atom stereocenters. The predicted octanol–water partition coefficient (Wildman–Crippen LogP) is 6.81. The Hall–Kier alpha value is -3.93. The highest BCUT2D eigenvalue weighted by Gasteiger charge is 2.24. The molecule has 36 heavy (non-hydrogen) atoms. The molecule has 4 N–H and O–H groups in total. The molecule has 0 saturated carbocycles. The fourth-order valence-electron chi connectivity index (χ4n) is 3.92. The standard InChI is InChI=1S/C30H34O6/c1-16(2)7-10-19-13-22(25(33)14-23(19)31)29-21(12-9-18(5)6)28(35)27-26(34)15-24(32)20(30(27)36-29)11-8-17(3)4/h7-9,13-15,31-34H,10-12H2,1-6H3. The van der Waals surface area contributed by atoms with E-state index in [1.165, 1.54) is 6.07 Å². The molecular weight excluding hydrogens is 456 g/mol. The van der Waals surface area contributed by atoms with E-state index in [4.69, 9.17) is 4.42 Å². The van der Waals surface area contributed by atoms with Gasteiger partial charge in [0.2, 0.25) is 5.43 Å². The Kier molecular flexibility index (Phi) is 7.98. The van der Waals surface area contributed by atoms with Crippen molar-refractivity contribution >= 4 is 11.0 Å². The fraction of sp³-hybridized carbons (Fsp3) is 0.300. The summed E-state index contributed by atoms with van der Waals surface area (Å²) in [4.78, 5) is 13.7. The van der Waals surface area contributed by atoms with Gasteiger partial charge in [0.25, 0.3) is 0 Å². The molecule has 2 aromatic carbocycles. The first-order valence-electron chi connectivity index (χ1n) is 11.9. The van der Waals surface area contributed by atoms with Gasteiger partial charge in [0.15, 0.2) is 0 Å². The summed E-state index contributed by atoms with van der Waals surface area (Å²) in [6, 6.07) is 4.01. The lowest BCUT2D eigenvalue weighted by Crippen LogP contribution is -2.12. The monoisotopic (exact) mass is 490 g/mol. The maximum Gasteiger partial charge on any atom is 0.200 e. The Morgan fingerprint density at radius 3 is 1.81 bits per heavy atom. The molecule has 3 aromatic rings. The molecule has 190 valence electrons. The van der Waals surface area contributed by atoms with Crippen LogP contribution in [0.5, 0.6) is 23.0 Å². The number of phenols is 4. The van der Waals surface area contributed by atoms with E-state index in [-0.39, 0.29) is 63.7 Å². The van der Waals surface area contributed by atoms with E-state index in [1.54, 1.807) is 6.07 Å². The van der Waals surface area contributed by atoms with Gasteiger partial charge in [-0.1, -0.05) is 34.9 Å². The summed E-state index contributed by atoms with van der Waals surface area (Å²) in [5.41, 5.74) is 4.10. The highest BCUT2D eigenvalue weighted by atomic mass is 16.3. The Morgan fingerprint density at radius 1 is 0.694 bits per heavy atom.